The van der Waals surface area contributed by atoms with Crippen molar-refractivity contribution in [1.82, 2.24) is 4.44 Å². The van der Waals surface area contributed by atoms with Crippen molar-refractivity contribution < 1.29 is 0 Å². The molecule has 1 saturated heterocycles. The lowest BCUT2D eigenvalue weighted by molar-refractivity contribution is 0.675. The second-order valence-electron chi connectivity index (χ2n) is 9.91. The van der Waals surface area contributed by atoms with Crippen LogP contribution in [0.25, 0.3) is 0 Å². The quantitative estimate of drug-likeness (QED) is 0.185. The Hall–Kier alpha value is -1.87. The fourth-order valence-corrected chi connectivity index (χ4v) is 15.4. The molecule has 0 radical (unpaired) electrons. The summed E-state index contributed by atoms with van der Waals surface area (Å²) in [5.74, 6) is 0. The lowest BCUT2D eigenvalue weighted by atomic mass is 10.2. The molecule has 1 heterocycles. The molecule has 1 fully saturated rings. The maximum atomic E-state index is 3.02. The number of nitrogens with zero attached hydrogens (tertiary/aromatic N) is 1. The third-order valence-electron chi connectivity index (χ3n) is 7.28. The molecule has 37 heavy (non-hydrogen) atoms. The summed E-state index contributed by atoms with van der Waals surface area (Å²) in [6.45, 7) is 6.22. The predicted octanol–water partition coefficient (Wildman–Crippen LogP) is 7.83. The summed E-state index contributed by atoms with van der Waals surface area (Å²) >= 11 is 0. The van der Waals surface area contributed by atoms with Gasteiger partial charge in [0.15, 0.2) is 0 Å². The van der Waals surface area contributed by atoms with Gasteiger partial charge in [-0.15, -0.1) is 0 Å². The van der Waals surface area contributed by atoms with Gasteiger partial charge in [0.25, 0.3) is 0 Å². The first-order valence-electron chi connectivity index (χ1n) is 13.6. The van der Waals surface area contributed by atoms with Gasteiger partial charge in [-0.25, -0.2) is 0 Å². The van der Waals surface area contributed by atoms with Gasteiger partial charge in [0.05, 0.1) is 0 Å². The van der Waals surface area contributed by atoms with Crippen LogP contribution in [0.15, 0.2) is 121 Å². The van der Waals surface area contributed by atoms with E-state index in [1.54, 1.807) is 0 Å². The van der Waals surface area contributed by atoms with E-state index in [0.29, 0.717) is 0 Å². The van der Waals surface area contributed by atoms with Crippen LogP contribution in [-0.2, 0) is 0 Å². The van der Waals surface area contributed by atoms with E-state index in [1.165, 1.54) is 53.2 Å². The molecule has 0 N–H and O–H groups in total. The van der Waals surface area contributed by atoms with E-state index in [0.717, 1.165) is 11.3 Å². The standard InChI is InChI=1S/C33H38NP3/c1-28-24-25-29(2)36(28)34(37(32-20-11-5-12-21-32)33-22-13-6-14-23-33)26-15-27-35(30-16-7-3-8-17-30)31-18-9-4-10-19-31/h3-14,16-23,28-29H,15,24-27H2,1-2H3/t28-,29-/m1/s1. The Morgan fingerprint density at radius 2 is 0.973 bits per heavy atom. The maximum Gasteiger partial charge on any atom is 0.0318 e. The fourth-order valence-electron chi connectivity index (χ4n) is 5.50. The molecule has 0 saturated carbocycles. The van der Waals surface area contributed by atoms with Crippen LogP contribution in [-0.4, -0.2) is 28.5 Å². The van der Waals surface area contributed by atoms with Crippen molar-refractivity contribution in [2.45, 2.75) is 44.4 Å². The maximum absolute atomic E-state index is 3.02. The Kier molecular flexibility index (Phi) is 9.59. The first kappa shape index (κ1) is 26.7. The molecule has 0 aliphatic carbocycles. The summed E-state index contributed by atoms with van der Waals surface area (Å²) < 4.78 is 3.02. The van der Waals surface area contributed by atoms with Crippen molar-refractivity contribution >= 4 is 45.3 Å². The number of benzene rings is 4. The largest absolute Gasteiger partial charge is 0.252 e. The zero-order chi connectivity index (χ0) is 25.5. The summed E-state index contributed by atoms with van der Waals surface area (Å²) in [4.78, 5) is 0. The van der Waals surface area contributed by atoms with Crippen LogP contribution in [0.1, 0.15) is 33.1 Å². The van der Waals surface area contributed by atoms with E-state index < -0.39 is 8.07 Å². The predicted molar refractivity (Wildman–Crippen MR) is 169 cm³/mol. The molecule has 0 unspecified atom stereocenters. The van der Waals surface area contributed by atoms with Crippen molar-refractivity contribution in [2.24, 2.45) is 0 Å². The summed E-state index contributed by atoms with van der Waals surface area (Å²) in [7, 11) is -1.09. The topological polar surface area (TPSA) is 3.24 Å². The van der Waals surface area contributed by atoms with E-state index in [1.807, 2.05) is 0 Å². The average molecular weight is 542 g/mol. The monoisotopic (exact) mass is 541 g/mol. The number of hydrogen-bond acceptors (Lipinski definition) is 1. The molecule has 4 aromatic rings. The summed E-state index contributed by atoms with van der Waals surface area (Å²) in [5.41, 5.74) is 1.60. The highest BCUT2D eigenvalue weighted by atomic mass is 31.2. The van der Waals surface area contributed by atoms with Crippen LogP contribution in [0.4, 0.5) is 0 Å². The van der Waals surface area contributed by atoms with E-state index in [-0.39, 0.29) is 16.0 Å². The lowest BCUT2D eigenvalue weighted by Gasteiger charge is -2.41. The molecular formula is C33H38NP3. The minimum atomic E-state index is -0.549. The van der Waals surface area contributed by atoms with Crippen LogP contribution in [0.5, 0.6) is 0 Å². The number of rotatable bonds is 10. The van der Waals surface area contributed by atoms with Gasteiger partial charge in [0.2, 0.25) is 0 Å². The first-order valence-corrected chi connectivity index (χ1v) is 17.8. The van der Waals surface area contributed by atoms with Gasteiger partial charge in [-0.2, -0.15) is 0 Å². The van der Waals surface area contributed by atoms with Crippen molar-refractivity contribution in [3.05, 3.63) is 121 Å². The first-order chi connectivity index (χ1) is 18.2. The lowest BCUT2D eigenvalue weighted by Crippen LogP contribution is -2.29. The SMILES string of the molecule is C[C@@H]1CC[C@@H](C)P1N(CCCP(c1ccccc1)c1ccccc1)P(c1ccccc1)c1ccccc1. The zero-order valence-corrected chi connectivity index (χ0v) is 24.7. The van der Waals surface area contributed by atoms with E-state index in [4.69, 9.17) is 0 Å². The van der Waals surface area contributed by atoms with Crippen LogP contribution < -0.4 is 21.2 Å². The molecule has 4 aromatic carbocycles. The number of hydrogen-bond donors (Lipinski definition) is 0. The average Bonchev–Trinajstić information content (AvgIpc) is 3.29. The van der Waals surface area contributed by atoms with Crippen molar-refractivity contribution in [2.75, 3.05) is 12.7 Å². The Morgan fingerprint density at radius 1 is 0.595 bits per heavy atom. The third-order valence-corrected chi connectivity index (χ3v) is 16.3. The second-order valence-corrected chi connectivity index (χ2v) is 17.7. The highest BCUT2D eigenvalue weighted by molar-refractivity contribution is 7.79. The van der Waals surface area contributed by atoms with Crippen LogP contribution in [0.2, 0.25) is 0 Å². The van der Waals surface area contributed by atoms with Crippen LogP contribution >= 0.6 is 24.1 Å². The van der Waals surface area contributed by atoms with Crippen LogP contribution in [0.3, 0.4) is 0 Å². The molecule has 0 spiro atoms. The molecular weight excluding hydrogens is 503 g/mol. The molecule has 1 aliphatic heterocycles. The van der Waals surface area contributed by atoms with Gasteiger partial charge in [-0.3, -0.25) is 4.44 Å². The van der Waals surface area contributed by atoms with Gasteiger partial charge in [0, 0.05) is 14.6 Å². The van der Waals surface area contributed by atoms with Gasteiger partial charge in [0.1, 0.15) is 0 Å². The summed E-state index contributed by atoms with van der Waals surface area (Å²) in [6.07, 6.45) is 5.21. The van der Waals surface area contributed by atoms with E-state index in [2.05, 4.69) is 140 Å². The molecule has 5 rings (SSSR count). The summed E-state index contributed by atoms with van der Waals surface area (Å²) in [6, 6.07) is 45.1. The molecule has 0 aromatic heterocycles. The Morgan fingerprint density at radius 3 is 1.38 bits per heavy atom. The van der Waals surface area contributed by atoms with E-state index in [9.17, 15) is 0 Å². The minimum Gasteiger partial charge on any atom is -0.252 e. The van der Waals surface area contributed by atoms with Crippen molar-refractivity contribution in [1.29, 1.82) is 0 Å². The van der Waals surface area contributed by atoms with Crippen molar-refractivity contribution in [3.63, 3.8) is 0 Å². The van der Waals surface area contributed by atoms with Crippen molar-refractivity contribution in [3.8, 4) is 0 Å². The van der Waals surface area contributed by atoms with Gasteiger partial charge in [-0.1, -0.05) is 135 Å². The highest BCUT2D eigenvalue weighted by Crippen LogP contribution is 2.65. The smallest absolute Gasteiger partial charge is 0.0318 e. The molecule has 4 heteroatoms. The van der Waals surface area contributed by atoms with Gasteiger partial charge in [-0.05, 0) is 74.0 Å². The summed E-state index contributed by atoms with van der Waals surface area (Å²) in [5, 5.41) is 5.98. The Labute approximate surface area is 227 Å². The molecule has 190 valence electrons. The Balaban J connectivity index is 1.46. The molecule has 1 nitrogen and oxygen atoms in total. The molecule has 1 aliphatic rings. The minimum absolute atomic E-state index is 0.188. The fraction of sp³-hybridized carbons (Fsp3) is 0.273. The van der Waals surface area contributed by atoms with Gasteiger partial charge < -0.3 is 0 Å². The van der Waals surface area contributed by atoms with Gasteiger partial charge >= 0.3 is 0 Å². The normalized spacial score (nSPS) is 18.2. The highest BCUT2D eigenvalue weighted by Gasteiger charge is 2.39. The third kappa shape index (κ3) is 6.59. The molecule has 0 amide bonds. The zero-order valence-electron chi connectivity index (χ0n) is 22.0. The Bertz CT molecular complexity index is 1110. The molecule has 2 atom stereocenters. The molecule has 0 bridgehead atoms. The second kappa shape index (κ2) is 13.3. The van der Waals surface area contributed by atoms with Crippen LogP contribution in [0, 0.1) is 0 Å². The van der Waals surface area contributed by atoms with E-state index >= 15 is 0 Å².